The molecule has 0 spiro atoms. The summed E-state index contributed by atoms with van der Waals surface area (Å²) in [6, 6.07) is 13.6. The molecule has 0 aromatic heterocycles. The number of carbonyl (C=O) groups excluding carboxylic acids is 1. The monoisotopic (exact) mass is 418 g/mol. The molecule has 1 amide bonds. The zero-order chi connectivity index (χ0) is 20.3. The van der Waals surface area contributed by atoms with Crippen LogP contribution in [0.25, 0.3) is 0 Å². The van der Waals surface area contributed by atoms with Crippen LogP contribution < -0.4 is 11.1 Å². The number of nitrogens with one attached hydrogen (secondary N) is 1. The fraction of sp³-hybridized carbons (Fsp3) is 0.263. The highest BCUT2D eigenvalue weighted by Crippen LogP contribution is 2.19. The van der Waals surface area contributed by atoms with Crippen LogP contribution in [0.4, 0.5) is 5.69 Å². The molecule has 0 atom stereocenters. The van der Waals surface area contributed by atoms with Crippen molar-refractivity contribution in [2.75, 3.05) is 31.5 Å². The van der Waals surface area contributed by atoms with Gasteiger partial charge in [-0.3, -0.25) is 4.79 Å². The van der Waals surface area contributed by atoms with Crippen LogP contribution in [0.3, 0.4) is 0 Å². The third-order valence-electron chi connectivity index (χ3n) is 4.57. The van der Waals surface area contributed by atoms with Crippen LogP contribution in [0.5, 0.6) is 0 Å². The Morgan fingerprint density at radius 1 is 1.07 bits per heavy atom. The Bertz CT molecular complexity index is 982. The van der Waals surface area contributed by atoms with Crippen LogP contribution in [0.15, 0.2) is 53.4 Å². The topological polar surface area (TPSA) is 95.7 Å². The van der Waals surface area contributed by atoms with E-state index in [2.05, 4.69) is 5.32 Å². The number of amides is 1. The molecular weight excluding hydrogens is 396 g/mol. The Kier molecular flexibility index (Phi) is 5.97. The van der Waals surface area contributed by atoms with Crippen LogP contribution in [0.1, 0.15) is 15.9 Å². The van der Waals surface area contributed by atoms with Crippen molar-refractivity contribution < 1.29 is 13.2 Å². The molecule has 3 N–H and O–H groups in total. The molecule has 1 aliphatic rings. The number of anilines is 1. The minimum Gasteiger partial charge on any atom is -0.366 e. The predicted molar refractivity (Wildman–Crippen MR) is 113 cm³/mol. The minimum atomic E-state index is -3.63. The molecule has 1 fully saturated rings. The second-order valence-electron chi connectivity index (χ2n) is 6.58. The first-order valence-corrected chi connectivity index (χ1v) is 10.6. The van der Waals surface area contributed by atoms with Gasteiger partial charge in [0.15, 0.2) is 5.11 Å². The summed E-state index contributed by atoms with van der Waals surface area (Å²) in [5.41, 5.74) is 7.52. The first-order chi connectivity index (χ1) is 13.3. The summed E-state index contributed by atoms with van der Waals surface area (Å²) >= 11 is 5.47. The predicted octanol–water partition coefficient (Wildman–Crippen LogP) is 1.80. The number of carbonyl (C=O) groups is 1. The number of nitrogens with two attached hydrogens (primary N) is 1. The lowest BCUT2D eigenvalue weighted by atomic mass is 10.2. The second kappa shape index (κ2) is 8.26. The van der Waals surface area contributed by atoms with Gasteiger partial charge in [-0.05, 0) is 61.1 Å². The number of benzene rings is 2. The lowest BCUT2D eigenvalue weighted by Crippen LogP contribution is -2.51. The number of sulfonamides is 1. The fourth-order valence-electron chi connectivity index (χ4n) is 3.00. The smallest absolute Gasteiger partial charge is 0.248 e. The molecule has 1 aliphatic heterocycles. The van der Waals surface area contributed by atoms with E-state index in [0.29, 0.717) is 31.3 Å². The summed E-state index contributed by atoms with van der Waals surface area (Å²) in [6.45, 7) is 3.66. The van der Waals surface area contributed by atoms with Crippen molar-refractivity contribution in [3.8, 4) is 0 Å². The van der Waals surface area contributed by atoms with Gasteiger partial charge in [0.2, 0.25) is 15.9 Å². The van der Waals surface area contributed by atoms with Gasteiger partial charge in [-0.25, -0.2) is 8.42 Å². The quantitative estimate of drug-likeness (QED) is 0.735. The molecule has 148 valence electrons. The van der Waals surface area contributed by atoms with E-state index < -0.39 is 15.9 Å². The highest BCUT2D eigenvalue weighted by Gasteiger charge is 2.29. The Balaban J connectivity index is 1.62. The van der Waals surface area contributed by atoms with Crippen molar-refractivity contribution in [3.63, 3.8) is 0 Å². The summed E-state index contributed by atoms with van der Waals surface area (Å²) in [5.74, 6) is -0.591. The van der Waals surface area contributed by atoms with E-state index in [4.69, 9.17) is 18.0 Å². The van der Waals surface area contributed by atoms with Gasteiger partial charge in [0.1, 0.15) is 0 Å². The van der Waals surface area contributed by atoms with E-state index in [9.17, 15) is 13.2 Å². The molecule has 3 rings (SSSR count). The van der Waals surface area contributed by atoms with E-state index in [1.165, 1.54) is 28.6 Å². The maximum absolute atomic E-state index is 12.8. The van der Waals surface area contributed by atoms with E-state index in [1.807, 2.05) is 36.1 Å². The van der Waals surface area contributed by atoms with Crippen molar-refractivity contribution in [2.45, 2.75) is 11.8 Å². The van der Waals surface area contributed by atoms with Crippen molar-refractivity contribution in [1.29, 1.82) is 0 Å². The number of rotatable bonds is 4. The van der Waals surface area contributed by atoms with Gasteiger partial charge in [-0.2, -0.15) is 4.31 Å². The maximum Gasteiger partial charge on any atom is 0.248 e. The summed E-state index contributed by atoms with van der Waals surface area (Å²) in [5, 5.41) is 3.78. The van der Waals surface area contributed by atoms with Crippen molar-refractivity contribution in [3.05, 3.63) is 59.7 Å². The van der Waals surface area contributed by atoms with Gasteiger partial charge < -0.3 is 16.0 Å². The number of thiocarbonyl (C=S) groups is 1. The lowest BCUT2D eigenvalue weighted by molar-refractivity contribution is 0.1000. The lowest BCUT2D eigenvalue weighted by Gasteiger charge is -2.35. The molecule has 0 radical (unpaired) electrons. The Morgan fingerprint density at radius 2 is 1.71 bits per heavy atom. The molecule has 2 aromatic rings. The van der Waals surface area contributed by atoms with Crippen molar-refractivity contribution in [1.82, 2.24) is 9.21 Å². The van der Waals surface area contributed by atoms with Crippen LogP contribution in [0, 0.1) is 6.92 Å². The third-order valence-corrected chi connectivity index (χ3v) is 6.84. The number of piperazine rings is 1. The molecule has 28 heavy (non-hydrogen) atoms. The standard InChI is InChI=1S/C19H22N4O3S2/c1-14-3-2-4-16(13-14)21-19(27)22-9-11-23(12-10-22)28(25,26)17-7-5-15(6-8-17)18(20)24/h2-8,13H,9-12H2,1H3,(H2,20,24)(H,21,27). The van der Waals surface area contributed by atoms with Crippen molar-refractivity contribution >= 4 is 38.9 Å². The molecule has 2 aromatic carbocycles. The molecule has 0 saturated carbocycles. The van der Waals surface area contributed by atoms with E-state index in [0.717, 1.165) is 11.3 Å². The summed E-state index contributed by atoms with van der Waals surface area (Å²) in [6.07, 6.45) is 0. The molecule has 7 nitrogen and oxygen atoms in total. The van der Waals surface area contributed by atoms with E-state index >= 15 is 0 Å². The summed E-state index contributed by atoms with van der Waals surface area (Å²) < 4.78 is 27.1. The highest BCUT2D eigenvalue weighted by atomic mass is 32.2. The van der Waals surface area contributed by atoms with E-state index in [1.54, 1.807) is 0 Å². The van der Waals surface area contributed by atoms with Gasteiger partial charge in [0.25, 0.3) is 0 Å². The number of hydrogen-bond acceptors (Lipinski definition) is 4. The number of nitrogens with zero attached hydrogens (tertiary/aromatic N) is 2. The summed E-state index contributed by atoms with van der Waals surface area (Å²) in [4.78, 5) is 13.3. The van der Waals surface area contributed by atoms with Crippen LogP contribution in [-0.2, 0) is 10.0 Å². The van der Waals surface area contributed by atoms with Crippen LogP contribution in [0.2, 0.25) is 0 Å². The largest absolute Gasteiger partial charge is 0.366 e. The Morgan fingerprint density at radius 3 is 2.29 bits per heavy atom. The first kappa shape index (κ1) is 20.2. The highest BCUT2D eigenvalue weighted by molar-refractivity contribution is 7.89. The van der Waals surface area contributed by atoms with Crippen LogP contribution in [-0.4, -0.2) is 54.8 Å². The van der Waals surface area contributed by atoms with Gasteiger partial charge >= 0.3 is 0 Å². The normalized spacial score (nSPS) is 15.2. The average Bonchev–Trinajstić information content (AvgIpc) is 2.68. The maximum atomic E-state index is 12.8. The number of primary amides is 1. The molecule has 1 heterocycles. The van der Waals surface area contributed by atoms with Crippen LogP contribution >= 0.6 is 12.2 Å². The zero-order valence-corrected chi connectivity index (χ0v) is 17.1. The van der Waals surface area contributed by atoms with Gasteiger partial charge in [0.05, 0.1) is 4.90 Å². The summed E-state index contributed by atoms with van der Waals surface area (Å²) in [7, 11) is -3.63. The van der Waals surface area contributed by atoms with Gasteiger partial charge in [0, 0.05) is 37.4 Å². The average molecular weight is 419 g/mol. The number of hydrogen-bond donors (Lipinski definition) is 2. The molecule has 9 heteroatoms. The van der Waals surface area contributed by atoms with E-state index in [-0.39, 0.29) is 10.5 Å². The molecule has 1 saturated heterocycles. The SMILES string of the molecule is Cc1cccc(NC(=S)N2CCN(S(=O)(=O)c3ccc(C(N)=O)cc3)CC2)c1. The second-order valence-corrected chi connectivity index (χ2v) is 8.90. The number of aryl methyl sites for hydroxylation is 1. The molecule has 0 bridgehead atoms. The Labute approximate surface area is 170 Å². The molecule has 0 unspecified atom stereocenters. The van der Waals surface area contributed by atoms with Gasteiger partial charge in [-0.15, -0.1) is 0 Å². The zero-order valence-electron chi connectivity index (χ0n) is 15.5. The minimum absolute atomic E-state index is 0.145. The molecule has 0 aliphatic carbocycles. The van der Waals surface area contributed by atoms with Gasteiger partial charge in [-0.1, -0.05) is 12.1 Å². The third kappa shape index (κ3) is 4.49. The molecular formula is C19H22N4O3S2. The Hall–Kier alpha value is -2.49. The van der Waals surface area contributed by atoms with Crippen molar-refractivity contribution in [2.24, 2.45) is 5.73 Å². The first-order valence-electron chi connectivity index (χ1n) is 8.80. The fourth-order valence-corrected chi connectivity index (χ4v) is 4.72.